The molecule has 1 atom stereocenters. The van der Waals surface area contributed by atoms with Crippen LogP contribution in [0.15, 0.2) is 42.5 Å². The summed E-state index contributed by atoms with van der Waals surface area (Å²) in [5, 5.41) is 11.8. The molecule has 0 aromatic heterocycles. The average molecular weight is 294 g/mol. The van der Waals surface area contributed by atoms with E-state index in [1.54, 1.807) is 24.3 Å². The number of amides is 1. The highest BCUT2D eigenvalue weighted by molar-refractivity contribution is 5.94. The highest BCUT2D eigenvalue weighted by atomic mass is 16.7. The lowest BCUT2D eigenvalue weighted by molar-refractivity contribution is 0.0939. The molecule has 1 unspecified atom stereocenters. The van der Waals surface area contributed by atoms with Crippen molar-refractivity contribution in [2.45, 2.75) is 13.0 Å². The van der Waals surface area contributed by atoms with E-state index in [9.17, 15) is 4.79 Å². The first-order valence-corrected chi connectivity index (χ1v) is 6.88. The minimum atomic E-state index is -0.220. The first-order chi connectivity index (χ1) is 10.7. The van der Waals surface area contributed by atoms with Gasteiger partial charge >= 0.3 is 0 Å². The van der Waals surface area contributed by atoms with Crippen LogP contribution < -0.4 is 14.8 Å². The number of carbonyl (C=O) groups is 1. The lowest BCUT2D eigenvalue weighted by atomic mass is 10.1. The van der Waals surface area contributed by atoms with E-state index >= 15 is 0 Å². The number of nitriles is 1. The van der Waals surface area contributed by atoms with Gasteiger partial charge in [0.2, 0.25) is 6.79 Å². The van der Waals surface area contributed by atoms with Crippen LogP contribution in [-0.2, 0) is 0 Å². The molecule has 3 rings (SSSR count). The van der Waals surface area contributed by atoms with Crippen LogP contribution in [0.4, 0.5) is 0 Å². The molecule has 5 nitrogen and oxygen atoms in total. The number of fused-ring (bicyclic) bond motifs is 1. The van der Waals surface area contributed by atoms with Crippen molar-refractivity contribution in [1.29, 1.82) is 5.26 Å². The Hall–Kier alpha value is -3.00. The molecule has 0 saturated carbocycles. The molecular formula is C17H14N2O3. The predicted octanol–water partition coefficient (Wildman–Crippen LogP) is 2.78. The second-order valence-electron chi connectivity index (χ2n) is 5.00. The number of hydrogen-bond donors (Lipinski definition) is 1. The molecule has 2 aromatic rings. The monoisotopic (exact) mass is 294 g/mol. The Morgan fingerprint density at radius 1 is 1.23 bits per heavy atom. The van der Waals surface area contributed by atoms with Crippen molar-refractivity contribution in [1.82, 2.24) is 5.32 Å². The number of carbonyl (C=O) groups excluding carboxylic acids is 1. The van der Waals surface area contributed by atoms with Crippen LogP contribution in [0.2, 0.25) is 0 Å². The maximum atomic E-state index is 12.3. The standard InChI is InChI=1S/C17H14N2O3/c1-11(13-5-6-15-16(8-13)22-10-21-15)19-17(20)14-4-2-3-12(7-14)9-18/h2-8,11H,10H2,1H3,(H,19,20). The van der Waals surface area contributed by atoms with E-state index < -0.39 is 0 Å². The first-order valence-electron chi connectivity index (χ1n) is 6.88. The van der Waals surface area contributed by atoms with E-state index in [0.29, 0.717) is 22.6 Å². The predicted molar refractivity (Wildman–Crippen MR) is 79.6 cm³/mol. The second kappa shape index (κ2) is 5.78. The molecule has 1 aliphatic heterocycles. The molecule has 1 heterocycles. The van der Waals surface area contributed by atoms with Crippen LogP contribution in [0.3, 0.4) is 0 Å². The van der Waals surface area contributed by atoms with Crippen LogP contribution in [0.1, 0.15) is 34.5 Å². The molecule has 0 fully saturated rings. The average Bonchev–Trinajstić information content (AvgIpc) is 3.02. The van der Waals surface area contributed by atoms with E-state index in [1.807, 2.05) is 31.2 Å². The van der Waals surface area contributed by atoms with Gasteiger partial charge in [-0.15, -0.1) is 0 Å². The van der Waals surface area contributed by atoms with Crippen LogP contribution in [-0.4, -0.2) is 12.7 Å². The Morgan fingerprint density at radius 3 is 2.86 bits per heavy atom. The Balaban J connectivity index is 1.74. The van der Waals surface area contributed by atoms with Crippen molar-refractivity contribution < 1.29 is 14.3 Å². The molecule has 0 saturated heterocycles. The van der Waals surface area contributed by atoms with Gasteiger partial charge in [0.15, 0.2) is 11.5 Å². The summed E-state index contributed by atoms with van der Waals surface area (Å²) in [6.07, 6.45) is 0. The van der Waals surface area contributed by atoms with Gasteiger partial charge in [0.05, 0.1) is 17.7 Å². The second-order valence-corrected chi connectivity index (χ2v) is 5.00. The van der Waals surface area contributed by atoms with Gasteiger partial charge in [-0.2, -0.15) is 5.26 Å². The third-order valence-corrected chi connectivity index (χ3v) is 3.50. The fraction of sp³-hybridized carbons (Fsp3) is 0.176. The number of ether oxygens (including phenoxy) is 2. The van der Waals surface area contributed by atoms with Crippen molar-refractivity contribution in [3.63, 3.8) is 0 Å². The van der Waals surface area contributed by atoms with E-state index in [0.717, 1.165) is 5.56 Å². The summed E-state index contributed by atoms with van der Waals surface area (Å²) in [6, 6.07) is 14.0. The summed E-state index contributed by atoms with van der Waals surface area (Å²) >= 11 is 0. The molecule has 0 bridgehead atoms. The molecule has 5 heteroatoms. The molecular weight excluding hydrogens is 280 g/mol. The molecule has 1 amide bonds. The summed E-state index contributed by atoms with van der Waals surface area (Å²) in [4.78, 5) is 12.3. The third-order valence-electron chi connectivity index (χ3n) is 3.50. The molecule has 0 radical (unpaired) electrons. The van der Waals surface area contributed by atoms with Crippen molar-refractivity contribution in [3.05, 3.63) is 59.2 Å². The molecule has 0 spiro atoms. The van der Waals surface area contributed by atoms with Crippen LogP contribution in [0, 0.1) is 11.3 Å². The third kappa shape index (κ3) is 2.72. The zero-order valence-electron chi connectivity index (χ0n) is 12.0. The van der Waals surface area contributed by atoms with E-state index in [1.165, 1.54) is 0 Å². The molecule has 1 aliphatic rings. The zero-order chi connectivity index (χ0) is 15.5. The summed E-state index contributed by atoms with van der Waals surface area (Å²) in [7, 11) is 0. The number of nitrogens with zero attached hydrogens (tertiary/aromatic N) is 1. The Kier molecular flexibility index (Phi) is 3.67. The summed E-state index contributed by atoms with van der Waals surface area (Å²) in [6.45, 7) is 2.12. The molecule has 0 aliphatic carbocycles. The Morgan fingerprint density at radius 2 is 2.05 bits per heavy atom. The largest absolute Gasteiger partial charge is 0.454 e. The van der Waals surface area contributed by atoms with Crippen molar-refractivity contribution in [2.75, 3.05) is 6.79 Å². The fourth-order valence-corrected chi connectivity index (χ4v) is 2.28. The minimum absolute atomic E-state index is 0.187. The van der Waals surface area contributed by atoms with Gasteiger partial charge in [-0.3, -0.25) is 4.79 Å². The minimum Gasteiger partial charge on any atom is -0.454 e. The Labute approximate surface area is 128 Å². The van der Waals surface area contributed by atoms with Crippen molar-refractivity contribution >= 4 is 5.91 Å². The maximum absolute atomic E-state index is 12.3. The first kappa shape index (κ1) is 14.0. The Bertz CT molecular complexity index is 765. The van der Waals surface area contributed by atoms with Gasteiger partial charge in [0, 0.05) is 5.56 Å². The van der Waals surface area contributed by atoms with Crippen LogP contribution >= 0.6 is 0 Å². The maximum Gasteiger partial charge on any atom is 0.251 e. The SMILES string of the molecule is CC(NC(=O)c1cccc(C#N)c1)c1ccc2c(c1)OCO2. The lowest BCUT2D eigenvalue weighted by Gasteiger charge is -2.15. The zero-order valence-corrected chi connectivity index (χ0v) is 12.0. The number of benzene rings is 2. The van der Waals surface area contributed by atoms with Gasteiger partial charge in [-0.25, -0.2) is 0 Å². The highest BCUT2D eigenvalue weighted by Crippen LogP contribution is 2.34. The normalized spacial score (nSPS) is 13.3. The lowest BCUT2D eigenvalue weighted by Crippen LogP contribution is -2.26. The van der Waals surface area contributed by atoms with E-state index in [-0.39, 0.29) is 18.7 Å². The van der Waals surface area contributed by atoms with E-state index in [2.05, 4.69) is 5.32 Å². The van der Waals surface area contributed by atoms with Gasteiger partial charge in [-0.05, 0) is 42.8 Å². The number of hydrogen-bond acceptors (Lipinski definition) is 4. The number of nitrogens with one attached hydrogen (secondary N) is 1. The molecule has 2 aromatic carbocycles. The summed E-state index contributed by atoms with van der Waals surface area (Å²) in [5.41, 5.74) is 1.85. The number of rotatable bonds is 3. The van der Waals surface area contributed by atoms with E-state index in [4.69, 9.17) is 14.7 Å². The van der Waals surface area contributed by atoms with Crippen molar-refractivity contribution in [3.8, 4) is 17.6 Å². The quantitative estimate of drug-likeness (QED) is 0.945. The van der Waals surface area contributed by atoms with Crippen LogP contribution in [0.5, 0.6) is 11.5 Å². The fourth-order valence-electron chi connectivity index (χ4n) is 2.28. The van der Waals surface area contributed by atoms with Gasteiger partial charge in [0.25, 0.3) is 5.91 Å². The topological polar surface area (TPSA) is 71.4 Å². The molecule has 110 valence electrons. The smallest absolute Gasteiger partial charge is 0.251 e. The van der Waals surface area contributed by atoms with Crippen LogP contribution in [0.25, 0.3) is 0 Å². The highest BCUT2D eigenvalue weighted by Gasteiger charge is 2.17. The summed E-state index contributed by atoms with van der Waals surface area (Å²) < 4.78 is 10.6. The summed E-state index contributed by atoms with van der Waals surface area (Å²) in [5.74, 6) is 1.18. The molecule has 1 N–H and O–H groups in total. The molecule has 22 heavy (non-hydrogen) atoms. The van der Waals surface area contributed by atoms with Crippen molar-refractivity contribution in [2.24, 2.45) is 0 Å². The van der Waals surface area contributed by atoms with Gasteiger partial charge < -0.3 is 14.8 Å². The van der Waals surface area contributed by atoms with Gasteiger partial charge in [-0.1, -0.05) is 12.1 Å². The van der Waals surface area contributed by atoms with Gasteiger partial charge in [0.1, 0.15) is 0 Å².